The molecule has 4 nitrogen and oxygen atoms in total. The van der Waals surface area contributed by atoms with Gasteiger partial charge in [-0.25, -0.2) is 8.42 Å². The number of hydrogen-bond acceptors (Lipinski definition) is 3. The Morgan fingerprint density at radius 2 is 1.68 bits per heavy atom. The molecule has 2 atom stereocenters. The normalized spacial score (nSPS) is 21.9. The first-order chi connectivity index (χ1) is 13.2. The van der Waals surface area contributed by atoms with Crippen molar-refractivity contribution in [2.24, 2.45) is 0 Å². The van der Waals surface area contributed by atoms with E-state index in [1.54, 1.807) is 49.4 Å². The number of morpholine rings is 1. The molecule has 0 spiro atoms. The Morgan fingerprint density at radius 3 is 2.29 bits per heavy atom. The Morgan fingerprint density at radius 1 is 1.04 bits per heavy atom. The topological polar surface area (TPSA) is 46.6 Å². The second-order valence-corrected chi connectivity index (χ2v) is 8.55. The predicted octanol–water partition coefficient (Wildman–Crippen LogP) is 4.03. The Kier molecular flexibility index (Phi) is 5.92. The van der Waals surface area contributed by atoms with Gasteiger partial charge in [0.05, 0.1) is 11.0 Å². The maximum Gasteiger partial charge on any atom is 0.415 e. The third-order valence-electron chi connectivity index (χ3n) is 4.42. The van der Waals surface area contributed by atoms with Crippen molar-refractivity contribution in [3.8, 4) is 0 Å². The molecule has 0 unspecified atom stereocenters. The monoisotopic (exact) mass is 411 g/mol. The van der Waals surface area contributed by atoms with E-state index in [1.807, 2.05) is 6.07 Å². The Balaban J connectivity index is 1.87. The van der Waals surface area contributed by atoms with Crippen LogP contribution >= 0.6 is 0 Å². The second kappa shape index (κ2) is 8.06. The van der Waals surface area contributed by atoms with Gasteiger partial charge in [-0.2, -0.15) is 17.5 Å². The van der Waals surface area contributed by atoms with Crippen LogP contribution in [0.5, 0.6) is 0 Å². The van der Waals surface area contributed by atoms with Crippen LogP contribution in [0.25, 0.3) is 6.08 Å². The Hall–Kier alpha value is -2.16. The molecule has 1 fully saturated rings. The summed E-state index contributed by atoms with van der Waals surface area (Å²) < 4.78 is 71.7. The van der Waals surface area contributed by atoms with E-state index in [1.165, 1.54) is 18.2 Å². The lowest BCUT2D eigenvalue weighted by Crippen LogP contribution is -2.54. The van der Waals surface area contributed by atoms with Crippen molar-refractivity contribution in [3.05, 3.63) is 71.8 Å². The molecule has 0 aliphatic carbocycles. The summed E-state index contributed by atoms with van der Waals surface area (Å²) in [5.41, 5.74) is 1.64. The van der Waals surface area contributed by atoms with Crippen molar-refractivity contribution in [2.45, 2.75) is 30.2 Å². The molecule has 0 aromatic heterocycles. The van der Waals surface area contributed by atoms with Gasteiger partial charge in [0.1, 0.15) is 0 Å². The van der Waals surface area contributed by atoms with Crippen LogP contribution < -0.4 is 0 Å². The highest BCUT2D eigenvalue weighted by atomic mass is 32.2. The molecule has 0 N–H and O–H groups in total. The summed E-state index contributed by atoms with van der Waals surface area (Å²) in [6.45, 7) is 0.844. The molecule has 0 amide bonds. The standard InChI is InChI=1S/C20H20F3NO3S/c1-15-7-11-18(12-8-15)28(25,26)24-13-17(27-19(14-24)20(21,22)23)10-9-16-5-3-2-4-6-16/h2-12,17,19H,13-14H2,1H3/b10-9+/t17-,19-/m0/s1. The quantitative estimate of drug-likeness (QED) is 0.763. The Labute approximate surface area is 162 Å². The van der Waals surface area contributed by atoms with E-state index in [2.05, 4.69) is 0 Å². The number of hydrogen-bond donors (Lipinski definition) is 0. The van der Waals surface area contributed by atoms with Gasteiger partial charge in [0.2, 0.25) is 10.0 Å². The predicted molar refractivity (Wildman–Crippen MR) is 100 cm³/mol. The van der Waals surface area contributed by atoms with E-state index in [-0.39, 0.29) is 11.4 Å². The fourth-order valence-electron chi connectivity index (χ4n) is 2.88. The minimum absolute atomic E-state index is 0.0355. The molecule has 0 radical (unpaired) electrons. The summed E-state index contributed by atoms with van der Waals surface area (Å²) >= 11 is 0. The van der Waals surface area contributed by atoms with Crippen molar-refractivity contribution in [1.82, 2.24) is 4.31 Å². The van der Waals surface area contributed by atoms with Gasteiger partial charge in [0.15, 0.2) is 6.10 Å². The van der Waals surface area contributed by atoms with Gasteiger partial charge in [-0.1, -0.05) is 60.2 Å². The van der Waals surface area contributed by atoms with Gasteiger partial charge in [0, 0.05) is 13.1 Å². The highest BCUT2D eigenvalue weighted by molar-refractivity contribution is 7.89. The summed E-state index contributed by atoms with van der Waals surface area (Å²) in [5, 5.41) is 0. The van der Waals surface area contributed by atoms with Gasteiger partial charge >= 0.3 is 6.18 Å². The summed E-state index contributed by atoms with van der Waals surface area (Å²) in [6.07, 6.45) is -4.78. The summed E-state index contributed by atoms with van der Waals surface area (Å²) in [7, 11) is -4.07. The highest BCUT2D eigenvalue weighted by Gasteiger charge is 2.47. The number of aryl methyl sites for hydroxylation is 1. The van der Waals surface area contributed by atoms with Gasteiger partial charge in [-0.05, 0) is 24.6 Å². The molecular weight excluding hydrogens is 391 g/mol. The molecule has 2 aromatic carbocycles. The average molecular weight is 411 g/mol. The molecule has 28 heavy (non-hydrogen) atoms. The maximum absolute atomic E-state index is 13.3. The first-order valence-corrected chi connectivity index (χ1v) is 10.1. The van der Waals surface area contributed by atoms with E-state index < -0.39 is 35.0 Å². The molecule has 0 saturated carbocycles. The van der Waals surface area contributed by atoms with Crippen LogP contribution in [0, 0.1) is 6.92 Å². The second-order valence-electron chi connectivity index (χ2n) is 6.61. The Bertz CT molecular complexity index is 925. The van der Waals surface area contributed by atoms with Crippen LogP contribution in [0.3, 0.4) is 0 Å². The van der Waals surface area contributed by atoms with E-state index in [4.69, 9.17) is 4.74 Å². The zero-order chi connectivity index (χ0) is 20.4. The number of rotatable bonds is 4. The molecule has 1 saturated heterocycles. The number of ether oxygens (including phenoxy) is 1. The zero-order valence-electron chi connectivity index (χ0n) is 15.1. The van der Waals surface area contributed by atoms with Crippen LogP contribution in [0.2, 0.25) is 0 Å². The number of benzene rings is 2. The summed E-state index contributed by atoms with van der Waals surface area (Å²) in [4.78, 5) is -0.0355. The van der Waals surface area contributed by atoms with Crippen molar-refractivity contribution in [2.75, 3.05) is 13.1 Å². The lowest BCUT2D eigenvalue weighted by Gasteiger charge is -2.37. The number of alkyl halides is 3. The summed E-state index contributed by atoms with van der Waals surface area (Å²) in [5.74, 6) is 0. The molecule has 3 rings (SSSR count). The number of halogens is 3. The van der Waals surface area contributed by atoms with Gasteiger partial charge < -0.3 is 4.74 Å². The van der Waals surface area contributed by atoms with Gasteiger partial charge in [-0.3, -0.25) is 0 Å². The first-order valence-electron chi connectivity index (χ1n) is 8.68. The SMILES string of the molecule is Cc1ccc(S(=O)(=O)N2C[C@@H](C(F)(F)F)O[C@@H](/C=C/c3ccccc3)C2)cc1. The molecule has 8 heteroatoms. The van der Waals surface area contributed by atoms with Crippen LogP contribution in [0.4, 0.5) is 13.2 Å². The lowest BCUT2D eigenvalue weighted by molar-refractivity contribution is -0.241. The maximum atomic E-state index is 13.3. The smallest absolute Gasteiger partial charge is 0.359 e. The van der Waals surface area contributed by atoms with Crippen LogP contribution in [0.15, 0.2) is 65.6 Å². The molecule has 1 aliphatic heterocycles. The van der Waals surface area contributed by atoms with E-state index in [0.29, 0.717) is 0 Å². The minimum atomic E-state index is -4.67. The van der Waals surface area contributed by atoms with Crippen molar-refractivity contribution < 1.29 is 26.3 Å². The van der Waals surface area contributed by atoms with Crippen LogP contribution in [-0.4, -0.2) is 44.2 Å². The molecule has 0 bridgehead atoms. The third kappa shape index (κ3) is 4.81. The van der Waals surface area contributed by atoms with Gasteiger partial charge in [0.25, 0.3) is 0 Å². The zero-order valence-corrected chi connectivity index (χ0v) is 16.0. The minimum Gasteiger partial charge on any atom is -0.359 e. The van der Waals surface area contributed by atoms with Crippen LogP contribution in [0.1, 0.15) is 11.1 Å². The summed E-state index contributed by atoms with van der Waals surface area (Å²) in [6, 6.07) is 15.0. The first kappa shape index (κ1) is 20.6. The van der Waals surface area contributed by atoms with E-state index in [0.717, 1.165) is 15.4 Å². The molecule has 150 valence electrons. The third-order valence-corrected chi connectivity index (χ3v) is 6.26. The fraction of sp³-hybridized carbons (Fsp3) is 0.300. The van der Waals surface area contributed by atoms with Crippen LogP contribution in [-0.2, 0) is 14.8 Å². The largest absolute Gasteiger partial charge is 0.415 e. The lowest BCUT2D eigenvalue weighted by atomic mass is 10.1. The molecular formula is C20H20F3NO3S. The van der Waals surface area contributed by atoms with E-state index >= 15 is 0 Å². The average Bonchev–Trinajstić information content (AvgIpc) is 2.66. The molecule has 1 heterocycles. The number of sulfonamides is 1. The molecule has 2 aromatic rings. The fourth-order valence-corrected chi connectivity index (χ4v) is 4.34. The highest BCUT2D eigenvalue weighted by Crippen LogP contribution is 2.31. The van der Waals surface area contributed by atoms with Gasteiger partial charge in [-0.15, -0.1) is 0 Å². The van der Waals surface area contributed by atoms with Crippen molar-refractivity contribution in [3.63, 3.8) is 0 Å². The van der Waals surface area contributed by atoms with E-state index in [9.17, 15) is 21.6 Å². The van der Waals surface area contributed by atoms with Crippen molar-refractivity contribution >= 4 is 16.1 Å². The number of nitrogens with zero attached hydrogens (tertiary/aromatic N) is 1. The molecule has 1 aliphatic rings. The van der Waals surface area contributed by atoms with Crippen molar-refractivity contribution in [1.29, 1.82) is 0 Å².